The van der Waals surface area contributed by atoms with Gasteiger partial charge in [-0.25, -0.2) is 9.97 Å². The number of rotatable bonds is 7. The lowest BCUT2D eigenvalue weighted by Crippen LogP contribution is -2.56. The average molecular weight is 507 g/mol. The maximum atomic E-state index is 6.60. The Labute approximate surface area is 215 Å². The first kappa shape index (κ1) is 23.3. The molecule has 0 spiro atoms. The number of halogens is 1. The SMILES string of the molecule is COc1ccc(CN2CCC(N3C[C](n4cc(-c5ncnc6[nH]ccc56)cn4)C3)CC2)c(Cl)c1OC. The number of nitrogens with zero attached hydrogens (tertiary/aromatic N) is 6. The summed E-state index contributed by atoms with van der Waals surface area (Å²) < 4.78 is 12.8. The number of fused-ring (bicyclic) bond motifs is 1. The van der Waals surface area contributed by atoms with E-state index in [0.29, 0.717) is 22.6 Å². The van der Waals surface area contributed by atoms with Crippen LogP contribution in [-0.2, 0) is 6.54 Å². The van der Waals surface area contributed by atoms with E-state index >= 15 is 0 Å². The summed E-state index contributed by atoms with van der Waals surface area (Å²) >= 11 is 6.60. The summed E-state index contributed by atoms with van der Waals surface area (Å²) in [6.07, 6.45) is 9.75. The summed E-state index contributed by atoms with van der Waals surface area (Å²) in [7, 11) is 3.25. The van der Waals surface area contributed by atoms with Crippen LogP contribution in [0.25, 0.3) is 22.3 Å². The Bertz CT molecular complexity index is 1360. The molecular weight excluding hydrogens is 478 g/mol. The van der Waals surface area contributed by atoms with Crippen molar-refractivity contribution < 1.29 is 9.47 Å². The van der Waals surface area contributed by atoms with Crippen molar-refractivity contribution in [2.75, 3.05) is 40.4 Å². The van der Waals surface area contributed by atoms with Gasteiger partial charge < -0.3 is 14.5 Å². The van der Waals surface area contributed by atoms with E-state index in [1.807, 2.05) is 35.3 Å². The minimum atomic E-state index is 0.599. The number of ether oxygens (including phenoxy) is 2. The van der Waals surface area contributed by atoms with Gasteiger partial charge in [0.05, 0.1) is 31.1 Å². The third-order valence-corrected chi connectivity index (χ3v) is 7.75. The fourth-order valence-electron chi connectivity index (χ4n) is 5.28. The molecule has 1 N–H and O–H groups in total. The van der Waals surface area contributed by atoms with Crippen molar-refractivity contribution in [1.82, 2.24) is 34.5 Å². The van der Waals surface area contributed by atoms with Gasteiger partial charge in [0.25, 0.3) is 0 Å². The van der Waals surface area contributed by atoms with Crippen LogP contribution in [0.3, 0.4) is 0 Å². The van der Waals surface area contributed by atoms with Gasteiger partial charge in [0.1, 0.15) is 18.0 Å². The molecule has 187 valence electrons. The number of nitrogens with one attached hydrogen (secondary N) is 1. The number of H-pyrrole nitrogens is 1. The Hall–Kier alpha value is -3.14. The molecule has 6 rings (SSSR count). The summed E-state index contributed by atoms with van der Waals surface area (Å²) in [5.41, 5.74) is 3.83. The van der Waals surface area contributed by atoms with Gasteiger partial charge in [-0.2, -0.15) is 5.10 Å². The third kappa shape index (κ3) is 4.21. The van der Waals surface area contributed by atoms with E-state index in [1.54, 1.807) is 20.5 Å². The third-order valence-electron chi connectivity index (χ3n) is 7.34. The van der Waals surface area contributed by atoms with Crippen molar-refractivity contribution in [3.05, 3.63) is 59.7 Å². The highest BCUT2D eigenvalue weighted by molar-refractivity contribution is 6.33. The van der Waals surface area contributed by atoms with E-state index in [0.717, 1.165) is 73.4 Å². The quantitative estimate of drug-likeness (QED) is 0.407. The first-order chi connectivity index (χ1) is 17.6. The first-order valence-corrected chi connectivity index (χ1v) is 12.6. The Kier molecular flexibility index (Phi) is 6.29. The molecule has 36 heavy (non-hydrogen) atoms. The van der Waals surface area contributed by atoms with Crippen LogP contribution < -0.4 is 9.47 Å². The Morgan fingerprint density at radius 2 is 1.92 bits per heavy atom. The highest BCUT2D eigenvalue weighted by Crippen LogP contribution is 2.38. The zero-order chi connectivity index (χ0) is 24.6. The maximum Gasteiger partial charge on any atom is 0.179 e. The van der Waals surface area contributed by atoms with Crippen LogP contribution in [0.2, 0.25) is 5.02 Å². The monoisotopic (exact) mass is 506 g/mol. The molecule has 0 aliphatic carbocycles. The molecule has 0 bridgehead atoms. The molecule has 0 saturated carbocycles. The molecule has 2 fully saturated rings. The van der Waals surface area contributed by atoms with Crippen molar-refractivity contribution in [3.8, 4) is 22.8 Å². The summed E-state index contributed by atoms with van der Waals surface area (Å²) in [6.45, 7) is 4.82. The molecule has 0 unspecified atom stereocenters. The highest BCUT2D eigenvalue weighted by Gasteiger charge is 2.36. The van der Waals surface area contributed by atoms with Gasteiger partial charge in [-0.15, -0.1) is 0 Å². The Balaban J connectivity index is 1.03. The molecule has 9 nitrogen and oxygen atoms in total. The molecule has 2 aliphatic rings. The number of likely N-dealkylation sites (tertiary alicyclic amines) is 2. The van der Waals surface area contributed by atoms with Crippen molar-refractivity contribution in [2.24, 2.45) is 0 Å². The number of aromatic amines is 1. The number of aromatic nitrogens is 5. The molecule has 0 amide bonds. The van der Waals surface area contributed by atoms with E-state index in [1.165, 1.54) is 6.04 Å². The minimum Gasteiger partial charge on any atom is -0.493 e. The molecule has 0 atom stereocenters. The highest BCUT2D eigenvalue weighted by atomic mass is 35.5. The second-order valence-corrected chi connectivity index (χ2v) is 9.77. The molecule has 5 heterocycles. The Morgan fingerprint density at radius 3 is 2.69 bits per heavy atom. The van der Waals surface area contributed by atoms with Gasteiger partial charge in [-0.05, 0) is 43.6 Å². The number of methoxy groups -OCH3 is 2. The molecule has 1 radical (unpaired) electrons. The van der Waals surface area contributed by atoms with E-state index < -0.39 is 0 Å². The molecule has 2 aliphatic heterocycles. The van der Waals surface area contributed by atoms with Crippen molar-refractivity contribution in [2.45, 2.75) is 25.4 Å². The predicted octanol–water partition coefficient (Wildman–Crippen LogP) is 3.85. The van der Waals surface area contributed by atoms with E-state index in [2.05, 4.69) is 36.0 Å². The average Bonchev–Trinajstić information content (AvgIpc) is 3.55. The first-order valence-electron chi connectivity index (χ1n) is 12.2. The molecule has 2 saturated heterocycles. The van der Waals surface area contributed by atoms with E-state index in [4.69, 9.17) is 21.1 Å². The lowest BCUT2D eigenvalue weighted by molar-refractivity contribution is 0.0669. The van der Waals surface area contributed by atoms with Crippen LogP contribution in [0.1, 0.15) is 18.4 Å². The number of piperidine rings is 1. The zero-order valence-corrected chi connectivity index (χ0v) is 21.2. The Morgan fingerprint density at radius 1 is 1.08 bits per heavy atom. The summed E-state index contributed by atoms with van der Waals surface area (Å²) in [5.74, 6) is 1.27. The van der Waals surface area contributed by atoms with Gasteiger partial charge in [0, 0.05) is 49.0 Å². The van der Waals surface area contributed by atoms with Crippen LogP contribution in [0.15, 0.2) is 43.1 Å². The fraction of sp³-hybridized carbons (Fsp3) is 0.385. The lowest BCUT2D eigenvalue weighted by atomic mass is 9.97. The van der Waals surface area contributed by atoms with Crippen LogP contribution >= 0.6 is 11.6 Å². The number of hydrogen-bond donors (Lipinski definition) is 1. The second-order valence-electron chi connectivity index (χ2n) is 9.39. The van der Waals surface area contributed by atoms with Crippen LogP contribution in [0.5, 0.6) is 11.5 Å². The van der Waals surface area contributed by atoms with Gasteiger partial charge in [-0.1, -0.05) is 17.7 Å². The molecular formula is C26H29ClN7O2. The largest absolute Gasteiger partial charge is 0.493 e. The van der Waals surface area contributed by atoms with Gasteiger partial charge in [-0.3, -0.25) is 14.5 Å². The van der Waals surface area contributed by atoms with Crippen molar-refractivity contribution in [1.29, 1.82) is 0 Å². The smallest absolute Gasteiger partial charge is 0.179 e. The maximum absolute atomic E-state index is 6.60. The van der Waals surface area contributed by atoms with Crippen molar-refractivity contribution in [3.63, 3.8) is 0 Å². The minimum absolute atomic E-state index is 0.599. The van der Waals surface area contributed by atoms with Crippen molar-refractivity contribution >= 4 is 22.6 Å². The van der Waals surface area contributed by atoms with Gasteiger partial charge in [0.15, 0.2) is 11.5 Å². The van der Waals surface area contributed by atoms with Crippen LogP contribution in [0.4, 0.5) is 0 Å². The molecule has 1 aromatic carbocycles. The molecule has 4 aromatic rings. The topological polar surface area (TPSA) is 84.3 Å². The van der Waals surface area contributed by atoms with Gasteiger partial charge in [0.2, 0.25) is 0 Å². The number of hydrogen-bond acceptors (Lipinski definition) is 7. The summed E-state index contributed by atoms with van der Waals surface area (Å²) in [6, 6.07) is 7.89. The summed E-state index contributed by atoms with van der Waals surface area (Å²) in [4.78, 5) is 16.9. The number of benzene rings is 1. The zero-order valence-electron chi connectivity index (χ0n) is 20.4. The summed E-state index contributed by atoms with van der Waals surface area (Å²) in [5, 5.41) is 6.27. The standard InChI is InChI=1S/C26H29ClN7O2/c1-35-22-4-3-17(23(27)25(22)36-2)12-32-9-6-19(7-10-32)33-14-20(15-33)34-13-18(11-31-34)24-21-5-8-28-26(21)30-16-29-24/h3-5,8,11,13,16,19H,6-7,9-10,12,14-15H2,1-2H3,(H,28,29,30). The lowest BCUT2D eigenvalue weighted by Gasteiger charge is -2.46. The normalized spacial score (nSPS) is 18.0. The molecule has 10 heteroatoms. The predicted molar refractivity (Wildman–Crippen MR) is 138 cm³/mol. The second kappa shape index (κ2) is 9.72. The van der Waals surface area contributed by atoms with Crippen LogP contribution in [0, 0.1) is 6.04 Å². The van der Waals surface area contributed by atoms with Crippen LogP contribution in [-0.4, -0.2) is 81.0 Å². The molecule has 3 aromatic heterocycles. The van der Waals surface area contributed by atoms with E-state index in [-0.39, 0.29) is 0 Å². The van der Waals surface area contributed by atoms with Gasteiger partial charge >= 0.3 is 0 Å². The fourth-order valence-corrected chi connectivity index (χ4v) is 5.57. The van der Waals surface area contributed by atoms with E-state index in [9.17, 15) is 0 Å².